The van der Waals surface area contributed by atoms with Gasteiger partial charge in [-0.05, 0) is 24.1 Å². The third-order valence-corrected chi connectivity index (χ3v) is 4.45. The van der Waals surface area contributed by atoms with Gasteiger partial charge in [0.25, 0.3) is 0 Å². The molecule has 2 nitrogen and oxygen atoms in total. The fourth-order valence-corrected chi connectivity index (χ4v) is 3.12. The summed E-state index contributed by atoms with van der Waals surface area (Å²) in [6.07, 6.45) is 0.624. The number of aliphatic hydroxyl groups is 1. The quantitative estimate of drug-likeness (QED) is 0.896. The van der Waals surface area contributed by atoms with Gasteiger partial charge in [0.1, 0.15) is 0 Å². The van der Waals surface area contributed by atoms with E-state index in [9.17, 15) is 9.32 Å². The Balaban J connectivity index is 2.12. The molecule has 94 valence electrons. The Morgan fingerprint density at radius 2 is 1.50 bits per heavy atom. The Morgan fingerprint density at radius 3 is 2.06 bits per heavy atom. The Labute approximate surface area is 110 Å². The predicted octanol–water partition coefficient (Wildman–Crippen LogP) is 2.40. The highest BCUT2D eigenvalue weighted by molar-refractivity contribution is 7.85. The second kappa shape index (κ2) is 6.47. The second-order valence-corrected chi connectivity index (χ2v) is 5.84. The molecule has 0 aromatic heterocycles. The van der Waals surface area contributed by atoms with Crippen LogP contribution in [0.25, 0.3) is 0 Å². The summed E-state index contributed by atoms with van der Waals surface area (Å²) in [6.45, 7) is -0.0730. The summed E-state index contributed by atoms with van der Waals surface area (Å²) in [7, 11) is -1.17. The van der Waals surface area contributed by atoms with Crippen LogP contribution in [-0.2, 0) is 17.2 Å². The van der Waals surface area contributed by atoms with E-state index < -0.39 is 10.8 Å². The largest absolute Gasteiger partial charge is 0.395 e. The zero-order valence-corrected chi connectivity index (χ0v) is 10.8. The lowest BCUT2D eigenvalue weighted by Crippen LogP contribution is -2.22. The molecular formula is C15H16O2S. The maximum absolute atomic E-state index is 12.3. The summed E-state index contributed by atoms with van der Waals surface area (Å²) in [5.74, 6) is 0. The molecule has 0 aliphatic rings. The monoisotopic (exact) mass is 260 g/mol. The highest BCUT2D eigenvalue weighted by Crippen LogP contribution is 2.15. The minimum atomic E-state index is -1.17. The Hall–Kier alpha value is -1.45. The van der Waals surface area contributed by atoms with E-state index in [0.29, 0.717) is 6.42 Å². The topological polar surface area (TPSA) is 37.3 Å². The molecular weight excluding hydrogens is 244 g/mol. The van der Waals surface area contributed by atoms with Crippen LogP contribution >= 0.6 is 0 Å². The normalized spacial score (nSPS) is 14.1. The minimum absolute atomic E-state index is 0.0730. The van der Waals surface area contributed by atoms with Crippen molar-refractivity contribution in [3.8, 4) is 0 Å². The predicted molar refractivity (Wildman–Crippen MR) is 73.9 cm³/mol. The molecule has 0 radical (unpaired) electrons. The summed E-state index contributed by atoms with van der Waals surface area (Å²) >= 11 is 0. The van der Waals surface area contributed by atoms with E-state index in [2.05, 4.69) is 0 Å². The highest BCUT2D eigenvalue weighted by Gasteiger charge is 2.17. The van der Waals surface area contributed by atoms with Crippen molar-refractivity contribution < 1.29 is 9.32 Å². The second-order valence-electron chi connectivity index (χ2n) is 4.10. The van der Waals surface area contributed by atoms with Gasteiger partial charge in [-0.25, -0.2) is 0 Å². The lowest BCUT2D eigenvalue weighted by Gasteiger charge is -2.14. The molecule has 18 heavy (non-hydrogen) atoms. The number of hydrogen-bond acceptors (Lipinski definition) is 2. The van der Waals surface area contributed by atoms with Gasteiger partial charge in [-0.2, -0.15) is 0 Å². The van der Waals surface area contributed by atoms with Gasteiger partial charge in [0, 0.05) is 4.90 Å². The molecule has 0 bridgehead atoms. The minimum Gasteiger partial charge on any atom is -0.395 e. The number of hydrogen-bond donors (Lipinski definition) is 1. The number of benzene rings is 2. The summed E-state index contributed by atoms with van der Waals surface area (Å²) in [5, 5.41) is 9.17. The summed E-state index contributed by atoms with van der Waals surface area (Å²) < 4.78 is 12.3. The molecule has 0 fully saturated rings. The summed E-state index contributed by atoms with van der Waals surface area (Å²) in [5.41, 5.74) is 1.10. The molecule has 0 heterocycles. The maximum Gasteiger partial charge on any atom is 0.0665 e. The summed E-state index contributed by atoms with van der Waals surface area (Å²) in [4.78, 5) is 0.771. The van der Waals surface area contributed by atoms with Crippen molar-refractivity contribution in [3.63, 3.8) is 0 Å². The standard InChI is InChI=1S/C15H16O2S/c16-12-15(11-13-7-3-1-4-8-13)18(17)14-9-5-2-6-10-14/h1-10,15-16H,11-12H2/t15-,18?/m0/s1. The zero-order chi connectivity index (χ0) is 12.8. The first kappa shape index (κ1) is 13.0. The van der Waals surface area contributed by atoms with E-state index >= 15 is 0 Å². The van der Waals surface area contributed by atoms with E-state index in [1.165, 1.54) is 0 Å². The van der Waals surface area contributed by atoms with Crippen molar-refractivity contribution >= 4 is 10.8 Å². The first-order valence-electron chi connectivity index (χ1n) is 5.91. The van der Waals surface area contributed by atoms with Crippen molar-refractivity contribution in [2.75, 3.05) is 6.61 Å². The molecule has 0 spiro atoms. The molecule has 3 heteroatoms. The van der Waals surface area contributed by atoms with Gasteiger partial charge in [0.2, 0.25) is 0 Å². The van der Waals surface area contributed by atoms with E-state index in [1.54, 1.807) is 0 Å². The number of aliphatic hydroxyl groups excluding tert-OH is 1. The van der Waals surface area contributed by atoms with Crippen LogP contribution in [0.2, 0.25) is 0 Å². The molecule has 0 aliphatic carbocycles. The van der Waals surface area contributed by atoms with E-state index in [4.69, 9.17) is 0 Å². The lowest BCUT2D eigenvalue weighted by molar-refractivity contribution is 0.292. The van der Waals surface area contributed by atoms with Crippen LogP contribution < -0.4 is 0 Å². The Morgan fingerprint density at radius 1 is 0.944 bits per heavy atom. The van der Waals surface area contributed by atoms with Crippen LogP contribution in [0.3, 0.4) is 0 Å². The maximum atomic E-state index is 12.3. The molecule has 0 aliphatic heterocycles. The van der Waals surface area contributed by atoms with Gasteiger partial charge in [-0.3, -0.25) is 4.21 Å². The molecule has 1 N–H and O–H groups in total. The molecule has 2 rings (SSSR count). The average Bonchev–Trinajstić information content (AvgIpc) is 2.46. The average molecular weight is 260 g/mol. The van der Waals surface area contributed by atoms with Gasteiger partial charge >= 0.3 is 0 Å². The van der Waals surface area contributed by atoms with Gasteiger partial charge in [0.15, 0.2) is 0 Å². The van der Waals surface area contributed by atoms with Crippen molar-refractivity contribution in [2.24, 2.45) is 0 Å². The third kappa shape index (κ3) is 3.28. The fraction of sp³-hybridized carbons (Fsp3) is 0.200. The summed E-state index contributed by atoms with van der Waals surface area (Å²) in [6, 6.07) is 19.1. The van der Waals surface area contributed by atoms with Gasteiger partial charge in [-0.15, -0.1) is 0 Å². The first-order valence-corrected chi connectivity index (χ1v) is 7.13. The molecule has 0 saturated heterocycles. The smallest absolute Gasteiger partial charge is 0.0665 e. The molecule has 2 aromatic carbocycles. The van der Waals surface area contributed by atoms with E-state index in [1.807, 2.05) is 60.7 Å². The van der Waals surface area contributed by atoms with Gasteiger partial charge in [0.05, 0.1) is 22.7 Å². The molecule has 0 amide bonds. The SMILES string of the molecule is O=S(c1ccccc1)[C@H](CO)Cc1ccccc1. The highest BCUT2D eigenvalue weighted by atomic mass is 32.2. The number of rotatable bonds is 5. The Kier molecular flexibility index (Phi) is 4.67. The molecule has 0 saturated carbocycles. The van der Waals surface area contributed by atoms with Crippen LogP contribution in [-0.4, -0.2) is 21.2 Å². The van der Waals surface area contributed by atoms with Crippen molar-refractivity contribution in [2.45, 2.75) is 16.6 Å². The van der Waals surface area contributed by atoms with Gasteiger partial charge < -0.3 is 5.11 Å². The lowest BCUT2D eigenvalue weighted by atomic mass is 10.1. The van der Waals surface area contributed by atoms with Crippen LogP contribution in [0.1, 0.15) is 5.56 Å². The van der Waals surface area contributed by atoms with Crippen LogP contribution in [0.5, 0.6) is 0 Å². The van der Waals surface area contributed by atoms with Crippen LogP contribution in [0, 0.1) is 0 Å². The van der Waals surface area contributed by atoms with Crippen LogP contribution in [0.4, 0.5) is 0 Å². The molecule has 2 aromatic rings. The third-order valence-electron chi connectivity index (χ3n) is 2.79. The van der Waals surface area contributed by atoms with E-state index in [-0.39, 0.29) is 11.9 Å². The van der Waals surface area contributed by atoms with Crippen molar-refractivity contribution in [3.05, 3.63) is 66.2 Å². The fourth-order valence-electron chi connectivity index (χ4n) is 1.83. The first-order chi connectivity index (χ1) is 8.81. The zero-order valence-electron chi connectivity index (χ0n) is 10.0. The van der Waals surface area contributed by atoms with Crippen LogP contribution in [0.15, 0.2) is 65.6 Å². The Bertz CT molecular complexity index is 496. The van der Waals surface area contributed by atoms with Gasteiger partial charge in [-0.1, -0.05) is 48.5 Å². The van der Waals surface area contributed by atoms with Crippen molar-refractivity contribution in [1.82, 2.24) is 0 Å². The molecule has 1 unspecified atom stereocenters. The molecule has 2 atom stereocenters. The van der Waals surface area contributed by atoms with E-state index in [0.717, 1.165) is 10.5 Å². The van der Waals surface area contributed by atoms with Crippen molar-refractivity contribution in [1.29, 1.82) is 0 Å².